The molecule has 4 heteroatoms. The van der Waals surface area contributed by atoms with Crippen molar-refractivity contribution in [2.75, 3.05) is 13.7 Å². The van der Waals surface area contributed by atoms with Gasteiger partial charge in [-0.05, 0) is 17.7 Å². The number of benzene rings is 2. The Morgan fingerprint density at radius 2 is 1.73 bits per heavy atom. The molecule has 0 fully saturated rings. The highest BCUT2D eigenvalue weighted by Crippen LogP contribution is 2.29. The Balaban J connectivity index is 2.04. The van der Waals surface area contributed by atoms with Crippen LogP contribution < -0.4 is 4.74 Å². The molecular formula is C18H14O4. The van der Waals surface area contributed by atoms with Crippen LogP contribution in [-0.4, -0.2) is 25.5 Å². The van der Waals surface area contributed by atoms with E-state index in [9.17, 15) is 9.59 Å². The minimum absolute atomic E-state index is 0.108. The number of ether oxygens (including phenoxy) is 2. The van der Waals surface area contributed by atoms with Crippen molar-refractivity contribution in [1.29, 1.82) is 0 Å². The van der Waals surface area contributed by atoms with Crippen molar-refractivity contribution in [3.63, 3.8) is 0 Å². The Morgan fingerprint density at radius 1 is 1.05 bits per heavy atom. The Kier molecular flexibility index (Phi) is 3.74. The second-order valence-electron chi connectivity index (χ2n) is 4.85. The Bertz CT molecular complexity index is 742. The Morgan fingerprint density at radius 3 is 2.36 bits per heavy atom. The van der Waals surface area contributed by atoms with Crippen LogP contribution in [0.5, 0.6) is 5.75 Å². The maximum Gasteiger partial charge on any atom is 0.342 e. The number of rotatable bonds is 4. The number of cyclic esters (lactones) is 1. The first-order valence-corrected chi connectivity index (χ1v) is 6.85. The number of carbonyl (C=O) groups is 2. The summed E-state index contributed by atoms with van der Waals surface area (Å²) >= 11 is 0. The molecule has 22 heavy (non-hydrogen) atoms. The molecule has 0 radical (unpaired) electrons. The van der Waals surface area contributed by atoms with E-state index in [1.165, 1.54) is 0 Å². The van der Waals surface area contributed by atoms with E-state index < -0.39 is 5.97 Å². The monoisotopic (exact) mass is 294 g/mol. The summed E-state index contributed by atoms with van der Waals surface area (Å²) in [6.07, 6.45) is 0. The van der Waals surface area contributed by atoms with Gasteiger partial charge in [0.15, 0.2) is 0 Å². The standard InChI is InChI=1S/C18H14O4/c1-21-14-9-7-12(8-10-14)15-11-22-18(20)16(15)17(19)13-5-3-2-4-6-13/h2-10H,11H2,1H3. The molecule has 2 aromatic rings. The third-order valence-corrected chi connectivity index (χ3v) is 3.56. The molecule has 0 unspecified atom stereocenters. The van der Waals surface area contributed by atoms with Crippen LogP contribution in [0.3, 0.4) is 0 Å². The van der Waals surface area contributed by atoms with E-state index in [2.05, 4.69) is 0 Å². The van der Waals surface area contributed by atoms with Gasteiger partial charge in [0.2, 0.25) is 5.78 Å². The largest absolute Gasteiger partial charge is 0.497 e. The van der Waals surface area contributed by atoms with E-state index in [0.717, 1.165) is 5.56 Å². The van der Waals surface area contributed by atoms with Crippen molar-refractivity contribution in [2.24, 2.45) is 0 Å². The molecule has 1 aliphatic heterocycles. The molecule has 0 N–H and O–H groups in total. The number of carbonyl (C=O) groups excluding carboxylic acids is 2. The van der Waals surface area contributed by atoms with Gasteiger partial charge < -0.3 is 9.47 Å². The molecule has 0 saturated heterocycles. The SMILES string of the molecule is COc1ccc(C2=C(C(=O)c3ccccc3)C(=O)OC2)cc1. The lowest BCUT2D eigenvalue weighted by atomic mass is 9.96. The van der Waals surface area contributed by atoms with Crippen LogP contribution in [0.2, 0.25) is 0 Å². The second kappa shape index (κ2) is 5.85. The van der Waals surface area contributed by atoms with E-state index >= 15 is 0 Å². The van der Waals surface area contributed by atoms with Crippen LogP contribution in [0, 0.1) is 0 Å². The highest BCUT2D eigenvalue weighted by molar-refractivity contribution is 6.30. The summed E-state index contributed by atoms with van der Waals surface area (Å²) in [7, 11) is 1.58. The van der Waals surface area contributed by atoms with Gasteiger partial charge in [-0.15, -0.1) is 0 Å². The molecule has 4 nitrogen and oxygen atoms in total. The molecule has 0 aliphatic carbocycles. The van der Waals surface area contributed by atoms with E-state index in [1.807, 2.05) is 18.2 Å². The van der Waals surface area contributed by atoms with Gasteiger partial charge in [0, 0.05) is 11.1 Å². The maximum absolute atomic E-state index is 12.6. The topological polar surface area (TPSA) is 52.6 Å². The van der Waals surface area contributed by atoms with Crippen molar-refractivity contribution in [3.8, 4) is 5.75 Å². The molecule has 1 aliphatic rings. The first-order valence-electron chi connectivity index (χ1n) is 6.85. The van der Waals surface area contributed by atoms with Gasteiger partial charge >= 0.3 is 5.97 Å². The van der Waals surface area contributed by atoms with Gasteiger partial charge in [-0.3, -0.25) is 4.79 Å². The van der Waals surface area contributed by atoms with Gasteiger partial charge in [-0.25, -0.2) is 4.79 Å². The number of Topliss-reactive ketones (excluding diaryl/α,β-unsaturated/α-hetero) is 1. The zero-order valence-corrected chi connectivity index (χ0v) is 12.0. The van der Waals surface area contributed by atoms with Gasteiger partial charge in [0.05, 0.1) is 7.11 Å². The van der Waals surface area contributed by atoms with Gasteiger partial charge in [-0.1, -0.05) is 42.5 Å². The van der Waals surface area contributed by atoms with Crippen molar-refractivity contribution < 1.29 is 19.1 Å². The predicted molar refractivity (Wildman–Crippen MR) is 81.6 cm³/mol. The maximum atomic E-state index is 12.6. The van der Waals surface area contributed by atoms with Crippen LogP contribution in [0.25, 0.3) is 5.57 Å². The molecule has 0 amide bonds. The molecule has 2 aromatic carbocycles. The molecule has 0 atom stereocenters. The molecule has 3 rings (SSSR count). The molecule has 0 bridgehead atoms. The predicted octanol–water partition coefficient (Wildman–Crippen LogP) is 2.89. The van der Waals surface area contributed by atoms with Crippen molar-refractivity contribution in [2.45, 2.75) is 0 Å². The minimum atomic E-state index is -0.570. The summed E-state index contributed by atoms with van der Waals surface area (Å²) in [5.41, 5.74) is 1.98. The zero-order chi connectivity index (χ0) is 15.5. The van der Waals surface area contributed by atoms with E-state index in [-0.39, 0.29) is 18.0 Å². The van der Waals surface area contributed by atoms with Crippen LogP contribution in [0.4, 0.5) is 0 Å². The lowest BCUT2D eigenvalue weighted by Gasteiger charge is -2.05. The van der Waals surface area contributed by atoms with Crippen LogP contribution >= 0.6 is 0 Å². The Labute approximate surface area is 128 Å². The summed E-state index contributed by atoms with van der Waals surface area (Å²) in [4.78, 5) is 24.6. The van der Waals surface area contributed by atoms with Crippen molar-refractivity contribution >= 4 is 17.3 Å². The fourth-order valence-corrected chi connectivity index (χ4v) is 2.39. The number of esters is 1. The fraction of sp³-hybridized carbons (Fsp3) is 0.111. The number of ketones is 1. The average molecular weight is 294 g/mol. The smallest absolute Gasteiger partial charge is 0.342 e. The highest BCUT2D eigenvalue weighted by Gasteiger charge is 2.31. The quantitative estimate of drug-likeness (QED) is 0.494. The summed E-state index contributed by atoms with van der Waals surface area (Å²) in [5, 5.41) is 0. The zero-order valence-electron chi connectivity index (χ0n) is 12.0. The third-order valence-electron chi connectivity index (χ3n) is 3.56. The van der Waals surface area contributed by atoms with Gasteiger partial charge in [0.25, 0.3) is 0 Å². The molecule has 1 heterocycles. The van der Waals surface area contributed by atoms with Crippen molar-refractivity contribution in [3.05, 3.63) is 71.3 Å². The highest BCUT2D eigenvalue weighted by atomic mass is 16.5. The van der Waals surface area contributed by atoms with E-state index in [1.54, 1.807) is 43.5 Å². The lowest BCUT2D eigenvalue weighted by Crippen LogP contribution is -2.11. The average Bonchev–Trinajstić information content (AvgIpc) is 2.96. The molecule has 0 aromatic heterocycles. The van der Waals surface area contributed by atoms with Crippen LogP contribution in [0.15, 0.2) is 60.2 Å². The van der Waals surface area contributed by atoms with E-state index in [4.69, 9.17) is 9.47 Å². The first-order chi connectivity index (χ1) is 10.7. The summed E-state index contributed by atoms with van der Waals surface area (Å²) < 4.78 is 10.2. The summed E-state index contributed by atoms with van der Waals surface area (Å²) in [6.45, 7) is 0.110. The third kappa shape index (κ3) is 2.51. The normalized spacial score (nSPS) is 14.0. The minimum Gasteiger partial charge on any atom is -0.497 e. The fourth-order valence-electron chi connectivity index (χ4n) is 2.39. The number of hydrogen-bond acceptors (Lipinski definition) is 4. The van der Waals surface area contributed by atoms with Crippen LogP contribution in [-0.2, 0) is 9.53 Å². The lowest BCUT2D eigenvalue weighted by molar-refractivity contribution is -0.135. The molecule has 0 saturated carbocycles. The second-order valence-corrected chi connectivity index (χ2v) is 4.85. The molecule has 110 valence electrons. The summed E-state index contributed by atoms with van der Waals surface area (Å²) in [6, 6.07) is 15.9. The Hall–Kier alpha value is -2.88. The summed E-state index contributed by atoms with van der Waals surface area (Å²) in [5.74, 6) is -0.167. The van der Waals surface area contributed by atoms with Crippen molar-refractivity contribution in [1.82, 2.24) is 0 Å². The van der Waals surface area contributed by atoms with E-state index in [0.29, 0.717) is 16.9 Å². The first kappa shape index (κ1) is 14.1. The number of methoxy groups -OCH3 is 1. The number of hydrogen-bond donors (Lipinski definition) is 0. The van der Waals surface area contributed by atoms with Gasteiger partial charge in [0.1, 0.15) is 17.9 Å². The molecule has 0 spiro atoms. The molecular weight excluding hydrogens is 280 g/mol. The van der Waals surface area contributed by atoms with Gasteiger partial charge in [-0.2, -0.15) is 0 Å². The van der Waals surface area contributed by atoms with Crippen LogP contribution in [0.1, 0.15) is 15.9 Å².